The van der Waals surface area contributed by atoms with Crippen molar-refractivity contribution in [1.82, 2.24) is 5.32 Å². The molecule has 29 heavy (non-hydrogen) atoms. The van der Waals surface area contributed by atoms with Gasteiger partial charge >= 0.3 is 18.3 Å². The Morgan fingerprint density at radius 3 is 1.93 bits per heavy atom. The molecule has 1 rings (SSSR count). The lowest BCUT2D eigenvalue weighted by Crippen LogP contribution is -2.42. The van der Waals surface area contributed by atoms with E-state index in [0.717, 1.165) is 7.11 Å². The minimum absolute atomic E-state index is 0.0466. The highest BCUT2D eigenvalue weighted by Crippen LogP contribution is 2.36. The maximum absolute atomic E-state index is 12.9. The fourth-order valence-electron chi connectivity index (χ4n) is 2.43. The number of esters is 1. The largest absolute Gasteiger partial charge is 0.467 e. The summed E-state index contributed by atoms with van der Waals surface area (Å²) in [6, 6.07) is -0.434. The van der Waals surface area contributed by atoms with Crippen molar-refractivity contribution in [3.8, 4) is 0 Å². The summed E-state index contributed by atoms with van der Waals surface area (Å²) in [7, 11) is 1.03. The van der Waals surface area contributed by atoms with Crippen LogP contribution in [0.3, 0.4) is 0 Å². The van der Waals surface area contributed by atoms with E-state index in [9.17, 15) is 40.7 Å². The van der Waals surface area contributed by atoms with Crippen molar-refractivity contribution >= 4 is 17.7 Å². The van der Waals surface area contributed by atoms with E-state index in [4.69, 9.17) is 0 Å². The molecule has 0 aliphatic carbocycles. The third kappa shape index (κ3) is 7.74. The van der Waals surface area contributed by atoms with Gasteiger partial charge in [0.15, 0.2) is 0 Å². The van der Waals surface area contributed by atoms with Crippen LogP contribution in [-0.4, -0.2) is 30.8 Å². The van der Waals surface area contributed by atoms with E-state index < -0.39 is 53.4 Å². The van der Waals surface area contributed by atoms with E-state index in [0.29, 0.717) is 12.1 Å². The second-order valence-electron chi connectivity index (χ2n) is 6.17. The number of carbonyl (C=O) groups is 3. The lowest BCUT2D eigenvalue weighted by atomic mass is 10.0. The van der Waals surface area contributed by atoms with E-state index in [1.165, 1.54) is 0 Å². The van der Waals surface area contributed by atoms with Gasteiger partial charge in [0.05, 0.1) is 24.7 Å². The van der Waals surface area contributed by atoms with Crippen LogP contribution in [0.5, 0.6) is 0 Å². The van der Waals surface area contributed by atoms with Crippen molar-refractivity contribution in [2.24, 2.45) is 0 Å². The van der Waals surface area contributed by atoms with Crippen LogP contribution in [0.25, 0.3) is 0 Å². The number of nitrogens with one attached hydrogen (secondary N) is 1. The molecule has 0 saturated carbocycles. The molecule has 0 aliphatic rings. The van der Waals surface area contributed by atoms with Crippen molar-refractivity contribution in [3.05, 3.63) is 34.9 Å². The summed E-state index contributed by atoms with van der Waals surface area (Å²) >= 11 is 0. The van der Waals surface area contributed by atoms with Gasteiger partial charge < -0.3 is 10.1 Å². The molecular weight excluding hydrogens is 408 g/mol. The zero-order valence-corrected chi connectivity index (χ0v) is 15.5. The molecule has 0 heterocycles. The molecule has 162 valence electrons. The first kappa shape index (κ1) is 24.4. The van der Waals surface area contributed by atoms with Crippen LogP contribution in [0.2, 0.25) is 0 Å². The van der Waals surface area contributed by atoms with Gasteiger partial charge in [-0.05, 0) is 30.2 Å². The molecule has 0 unspecified atom stereocenters. The van der Waals surface area contributed by atoms with Crippen LogP contribution >= 0.6 is 0 Å². The van der Waals surface area contributed by atoms with Crippen molar-refractivity contribution in [2.75, 3.05) is 7.11 Å². The fourth-order valence-corrected chi connectivity index (χ4v) is 2.43. The summed E-state index contributed by atoms with van der Waals surface area (Å²) in [5.74, 6) is -2.07. The predicted octanol–water partition coefficient (Wildman–Crippen LogP) is 3.68. The molecule has 0 saturated heterocycles. The van der Waals surface area contributed by atoms with Crippen LogP contribution in [0.15, 0.2) is 18.2 Å². The zero-order valence-electron chi connectivity index (χ0n) is 15.5. The summed E-state index contributed by atoms with van der Waals surface area (Å²) in [6.45, 7) is 1.60. The smallest absolute Gasteiger partial charge is 0.416 e. The van der Waals surface area contributed by atoms with Crippen molar-refractivity contribution in [3.63, 3.8) is 0 Å². The molecular formula is C18H19F6NO4. The van der Waals surface area contributed by atoms with Gasteiger partial charge in [-0.25, -0.2) is 4.79 Å². The summed E-state index contributed by atoms with van der Waals surface area (Å²) in [5, 5.41) is 2.18. The Kier molecular flexibility index (Phi) is 8.22. The molecule has 1 aromatic rings. The molecule has 0 aromatic heterocycles. The van der Waals surface area contributed by atoms with E-state index in [1.807, 2.05) is 0 Å². The highest BCUT2D eigenvalue weighted by atomic mass is 19.4. The normalized spacial score (nSPS) is 13.0. The Labute approximate surface area is 162 Å². The topological polar surface area (TPSA) is 72.5 Å². The summed E-state index contributed by atoms with van der Waals surface area (Å²) < 4.78 is 81.8. The van der Waals surface area contributed by atoms with Crippen LogP contribution in [0.1, 0.15) is 42.9 Å². The summed E-state index contributed by atoms with van der Waals surface area (Å²) in [5.41, 5.74) is -3.63. The van der Waals surface area contributed by atoms with E-state index >= 15 is 0 Å². The fraction of sp³-hybridized carbons (Fsp3) is 0.500. The summed E-state index contributed by atoms with van der Waals surface area (Å²) in [4.78, 5) is 35.2. The van der Waals surface area contributed by atoms with E-state index in [1.54, 1.807) is 6.92 Å². The molecule has 11 heteroatoms. The number of amides is 1. The second kappa shape index (κ2) is 9.75. The molecule has 0 aliphatic heterocycles. The Morgan fingerprint density at radius 1 is 1.00 bits per heavy atom. The average molecular weight is 427 g/mol. The van der Waals surface area contributed by atoms with Gasteiger partial charge in [-0.15, -0.1) is 0 Å². The molecule has 0 fully saturated rings. The number of carbonyl (C=O) groups excluding carboxylic acids is 3. The van der Waals surface area contributed by atoms with Gasteiger partial charge in [-0.1, -0.05) is 6.92 Å². The maximum Gasteiger partial charge on any atom is 0.416 e. The van der Waals surface area contributed by atoms with Crippen molar-refractivity contribution in [1.29, 1.82) is 0 Å². The van der Waals surface area contributed by atoms with Crippen molar-refractivity contribution in [2.45, 2.75) is 51.0 Å². The third-order valence-electron chi connectivity index (χ3n) is 3.94. The Hall–Kier alpha value is -2.59. The van der Waals surface area contributed by atoms with Gasteiger partial charge in [0.25, 0.3) is 0 Å². The number of hydrogen-bond acceptors (Lipinski definition) is 4. The number of methoxy groups -OCH3 is 1. The number of Topliss-reactive ketones (excluding diaryl/α,β-unsaturated/α-hetero) is 1. The van der Waals surface area contributed by atoms with Gasteiger partial charge in [0, 0.05) is 12.8 Å². The maximum atomic E-state index is 12.9. The first-order valence-electron chi connectivity index (χ1n) is 8.45. The molecule has 5 nitrogen and oxygen atoms in total. The summed E-state index contributed by atoms with van der Waals surface area (Å²) in [6.07, 6.45) is -10.9. The first-order valence-corrected chi connectivity index (χ1v) is 8.45. The van der Waals surface area contributed by atoms with Gasteiger partial charge in [0.2, 0.25) is 5.91 Å². The number of ether oxygens (including phenoxy) is 1. The van der Waals surface area contributed by atoms with E-state index in [2.05, 4.69) is 10.1 Å². The third-order valence-corrected chi connectivity index (χ3v) is 3.94. The Bertz CT molecular complexity index is 725. The van der Waals surface area contributed by atoms with Crippen molar-refractivity contribution < 1.29 is 45.5 Å². The molecule has 1 aromatic carbocycles. The predicted molar refractivity (Wildman–Crippen MR) is 88.6 cm³/mol. The first-order chi connectivity index (χ1) is 13.3. The molecule has 1 N–H and O–H groups in total. The van der Waals surface area contributed by atoms with Crippen LogP contribution in [0.4, 0.5) is 26.3 Å². The van der Waals surface area contributed by atoms with Gasteiger partial charge in [-0.2, -0.15) is 26.3 Å². The Morgan fingerprint density at radius 2 is 1.52 bits per heavy atom. The number of halogens is 6. The van der Waals surface area contributed by atoms with Gasteiger partial charge in [0.1, 0.15) is 11.8 Å². The monoisotopic (exact) mass is 427 g/mol. The molecule has 0 radical (unpaired) electrons. The van der Waals surface area contributed by atoms with Crippen LogP contribution < -0.4 is 5.32 Å². The minimum atomic E-state index is -5.04. The molecule has 1 amide bonds. The minimum Gasteiger partial charge on any atom is -0.467 e. The SMILES string of the molecule is CCC(=O)CC[C@@H](NC(=O)Cc1cc(C(F)(F)F)cc(C(F)(F)F)c1)C(=O)OC. The quantitative estimate of drug-likeness (QED) is 0.508. The number of ketones is 1. The van der Waals surface area contributed by atoms with Crippen LogP contribution in [-0.2, 0) is 37.9 Å². The van der Waals surface area contributed by atoms with Gasteiger partial charge in [-0.3, -0.25) is 9.59 Å². The van der Waals surface area contributed by atoms with Crippen LogP contribution in [0, 0.1) is 0 Å². The molecule has 0 spiro atoms. The second-order valence-corrected chi connectivity index (χ2v) is 6.17. The zero-order chi connectivity index (χ0) is 22.4. The molecule has 1 atom stereocenters. The average Bonchev–Trinajstić information content (AvgIpc) is 2.62. The Balaban J connectivity index is 3.03. The lowest BCUT2D eigenvalue weighted by Gasteiger charge is -2.17. The number of alkyl halides is 6. The highest BCUT2D eigenvalue weighted by molar-refractivity contribution is 5.86. The highest BCUT2D eigenvalue weighted by Gasteiger charge is 2.37. The number of rotatable bonds is 8. The number of hydrogen-bond donors (Lipinski definition) is 1. The van der Waals surface area contributed by atoms with E-state index in [-0.39, 0.29) is 31.1 Å². The number of benzene rings is 1. The lowest BCUT2D eigenvalue weighted by molar-refractivity contribution is -0.145. The molecule has 0 bridgehead atoms. The standard InChI is InChI=1S/C18H19F6NO4/c1-3-13(26)4-5-14(16(28)29-2)25-15(27)8-10-6-11(17(19,20)21)9-12(7-10)18(22,23)24/h6-7,9,14H,3-5,8H2,1-2H3,(H,25,27)/t14-/m1/s1.